The minimum absolute atomic E-state index is 0.371. The smallest absolute Gasteiger partial charge is 0.308 e. The fourth-order valence-corrected chi connectivity index (χ4v) is 1.06. The number of hydrogen-bond acceptors (Lipinski definition) is 3. The highest BCUT2D eigenvalue weighted by Gasteiger charge is 2.03. The molecular formula is C9H9ClO3. The van der Waals surface area contributed by atoms with E-state index in [0.29, 0.717) is 16.5 Å². The number of hydrogen-bond donors (Lipinski definition) is 0. The van der Waals surface area contributed by atoms with Gasteiger partial charge in [-0.05, 0) is 12.1 Å². The fraction of sp³-hybridized carbons (Fsp3) is 0.222. The molecule has 0 spiro atoms. The van der Waals surface area contributed by atoms with E-state index in [1.807, 2.05) is 0 Å². The third-order valence-electron chi connectivity index (χ3n) is 1.38. The lowest BCUT2D eigenvalue weighted by atomic mass is 10.3. The maximum atomic E-state index is 10.6. The van der Waals surface area contributed by atoms with Gasteiger partial charge in [-0.15, -0.1) is 0 Å². The Morgan fingerprint density at radius 1 is 1.46 bits per heavy atom. The van der Waals surface area contributed by atoms with Gasteiger partial charge < -0.3 is 9.47 Å². The summed E-state index contributed by atoms with van der Waals surface area (Å²) in [4.78, 5) is 10.6. The van der Waals surface area contributed by atoms with Crippen LogP contribution in [0.4, 0.5) is 0 Å². The number of carbonyl (C=O) groups excluding carboxylic acids is 1. The lowest BCUT2D eigenvalue weighted by Crippen LogP contribution is -2.01. The number of rotatable bonds is 2. The van der Waals surface area contributed by atoms with Gasteiger partial charge >= 0.3 is 5.97 Å². The normalized spacial score (nSPS) is 9.46. The van der Waals surface area contributed by atoms with Gasteiger partial charge in [-0.25, -0.2) is 0 Å². The molecule has 0 N–H and O–H groups in total. The molecule has 0 heterocycles. The molecular weight excluding hydrogens is 192 g/mol. The molecule has 4 heteroatoms. The zero-order chi connectivity index (χ0) is 9.84. The Bertz CT molecular complexity index is 323. The van der Waals surface area contributed by atoms with Crippen LogP contribution in [0.2, 0.25) is 5.02 Å². The standard InChI is InChI=1S/C9H9ClO3/c1-6(11)13-7-3-4-8(10)9(5-7)12-2/h3-5H,1-2H3. The van der Waals surface area contributed by atoms with Gasteiger partial charge in [-0.1, -0.05) is 11.6 Å². The number of esters is 1. The molecule has 0 saturated carbocycles. The molecule has 0 atom stereocenters. The third kappa shape index (κ3) is 2.63. The van der Waals surface area contributed by atoms with Crippen LogP contribution in [0.15, 0.2) is 18.2 Å². The molecule has 0 aromatic heterocycles. The molecule has 0 fully saturated rings. The van der Waals surface area contributed by atoms with Crippen molar-refractivity contribution < 1.29 is 14.3 Å². The Balaban J connectivity index is 2.92. The molecule has 0 saturated heterocycles. The largest absolute Gasteiger partial charge is 0.495 e. The zero-order valence-corrected chi connectivity index (χ0v) is 8.09. The lowest BCUT2D eigenvalue weighted by molar-refractivity contribution is -0.131. The highest BCUT2D eigenvalue weighted by atomic mass is 35.5. The number of methoxy groups -OCH3 is 1. The van der Waals surface area contributed by atoms with Gasteiger partial charge in [-0.2, -0.15) is 0 Å². The summed E-state index contributed by atoms with van der Waals surface area (Å²) in [6.07, 6.45) is 0. The first-order chi connectivity index (χ1) is 6.13. The van der Waals surface area contributed by atoms with E-state index < -0.39 is 0 Å². The summed E-state index contributed by atoms with van der Waals surface area (Å²) in [5, 5.41) is 0.485. The Morgan fingerprint density at radius 3 is 2.69 bits per heavy atom. The highest BCUT2D eigenvalue weighted by Crippen LogP contribution is 2.28. The van der Waals surface area contributed by atoms with Crippen molar-refractivity contribution >= 4 is 17.6 Å². The van der Waals surface area contributed by atoms with Crippen LogP contribution in [0.3, 0.4) is 0 Å². The second-order valence-electron chi connectivity index (χ2n) is 2.39. The molecule has 1 aromatic carbocycles. The molecule has 0 aliphatic heterocycles. The van der Waals surface area contributed by atoms with E-state index in [-0.39, 0.29) is 5.97 Å². The van der Waals surface area contributed by atoms with E-state index in [1.165, 1.54) is 14.0 Å². The molecule has 0 unspecified atom stereocenters. The van der Waals surface area contributed by atoms with Crippen molar-refractivity contribution in [3.05, 3.63) is 23.2 Å². The van der Waals surface area contributed by atoms with Crippen LogP contribution >= 0.6 is 11.6 Å². The van der Waals surface area contributed by atoms with Gasteiger partial charge in [0.1, 0.15) is 11.5 Å². The predicted octanol–water partition coefficient (Wildman–Crippen LogP) is 2.27. The lowest BCUT2D eigenvalue weighted by Gasteiger charge is -2.05. The number of halogens is 1. The number of ether oxygens (including phenoxy) is 2. The van der Waals surface area contributed by atoms with Crippen LogP contribution in [0.5, 0.6) is 11.5 Å². The maximum absolute atomic E-state index is 10.6. The molecule has 1 rings (SSSR count). The zero-order valence-electron chi connectivity index (χ0n) is 7.33. The quantitative estimate of drug-likeness (QED) is 0.543. The van der Waals surface area contributed by atoms with Crippen molar-refractivity contribution in [2.75, 3.05) is 7.11 Å². The van der Waals surface area contributed by atoms with Crippen LogP contribution in [0.25, 0.3) is 0 Å². The monoisotopic (exact) mass is 200 g/mol. The summed E-state index contributed by atoms with van der Waals surface area (Å²) in [6, 6.07) is 4.77. The molecule has 3 nitrogen and oxygen atoms in total. The Labute approximate surface area is 81.2 Å². The van der Waals surface area contributed by atoms with E-state index >= 15 is 0 Å². The topological polar surface area (TPSA) is 35.5 Å². The number of benzene rings is 1. The second-order valence-corrected chi connectivity index (χ2v) is 2.80. The van der Waals surface area contributed by atoms with E-state index in [9.17, 15) is 4.79 Å². The van der Waals surface area contributed by atoms with Gasteiger partial charge in [0.2, 0.25) is 0 Å². The SMILES string of the molecule is COc1cc(OC(C)=O)ccc1Cl. The summed E-state index contributed by atoms with van der Waals surface area (Å²) in [5.41, 5.74) is 0. The average molecular weight is 201 g/mol. The minimum Gasteiger partial charge on any atom is -0.495 e. The van der Waals surface area contributed by atoms with Gasteiger partial charge in [0.15, 0.2) is 0 Å². The van der Waals surface area contributed by atoms with Crippen LogP contribution < -0.4 is 9.47 Å². The molecule has 0 bridgehead atoms. The van der Waals surface area contributed by atoms with Gasteiger partial charge in [0.05, 0.1) is 12.1 Å². The Morgan fingerprint density at radius 2 is 2.15 bits per heavy atom. The minimum atomic E-state index is -0.371. The Kier molecular flexibility index (Phi) is 3.14. The van der Waals surface area contributed by atoms with Crippen LogP contribution in [-0.4, -0.2) is 13.1 Å². The molecule has 13 heavy (non-hydrogen) atoms. The van der Waals surface area contributed by atoms with E-state index in [2.05, 4.69) is 0 Å². The Hall–Kier alpha value is -1.22. The summed E-state index contributed by atoms with van der Waals surface area (Å²) in [7, 11) is 1.50. The molecule has 0 amide bonds. The molecule has 0 aliphatic carbocycles. The first-order valence-electron chi connectivity index (χ1n) is 3.65. The first-order valence-corrected chi connectivity index (χ1v) is 4.03. The van der Waals surface area contributed by atoms with Crippen molar-refractivity contribution in [3.8, 4) is 11.5 Å². The van der Waals surface area contributed by atoms with Crippen molar-refractivity contribution in [1.82, 2.24) is 0 Å². The summed E-state index contributed by atoms with van der Waals surface area (Å²) in [6.45, 7) is 1.33. The van der Waals surface area contributed by atoms with Crippen molar-refractivity contribution in [1.29, 1.82) is 0 Å². The van der Waals surface area contributed by atoms with Crippen molar-refractivity contribution in [3.63, 3.8) is 0 Å². The van der Waals surface area contributed by atoms with Crippen LogP contribution in [0, 0.1) is 0 Å². The molecule has 1 aromatic rings. The van der Waals surface area contributed by atoms with Crippen molar-refractivity contribution in [2.45, 2.75) is 6.92 Å². The number of carbonyl (C=O) groups is 1. The van der Waals surface area contributed by atoms with Gasteiger partial charge in [0.25, 0.3) is 0 Å². The second kappa shape index (κ2) is 4.14. The fourth-order valence-electron chi connectivity index (χ4n) is 0.870. The molecule has 0 radical (unpaired) electrons. The van der Waals surface area contributed by atoms with E-state index in [0.717, 1.165) is 0 Å². The predicted molar refractivity (Wildman–Crippen MR) is 49.3 cm³/mol. The third-order valence-corrected chi connectivity index (χ3v) is 1.70. The van der Waals surface area contributed by atoms with Gasteiger partial charge in [-0.3, -0.25) is 4.79 Å². The van der Waals surface area contributed by atoms with Crippen molar-refractivity contribution in [2.24, 2.45) is 0 Å². The molecule has 0 aliphatic rings. The van der Waals surface area contributed by atoms with Crippen LogP contribution in [0.1, 0.15) is 6.92 Å². The van der Waals surface area contributed by atoms with Crippen LogP contribution in [-0.2, 0) is 4.79 Å². The maximum Gasteiger partial charge on any atom is 0.308 e. The summed E-state index contributed by atoms with van der Waals surface area (Å²) >= 11 is 5.77. The average Bonchev–Trinajstić information content (AvgIpc) is 2.07. The summed E-state index contributed by atoms with van der Waals surface area (Å²) in [5.74, 6) is 0.540. The van der Waals surface area contributed by atoms with Gasteiger partial charge in [0, 0.05) is 13.0 Å². The first kappa shape index (κ1) is 9.86. The molecule has 70 valence electrons. The van der Waals surface area contributed by atoms with E-state index in [1.54, 1.807) is 18.2 Å². The van der Waals surface area contributed by atoms with E-state index in [4.69, 9.17) is 21.1 Å². The summed E-state index contributed by atoms with van der Waals surface area (Å²) < 4.78 is 9.78. The highest BCUT2D eigenvalue weighted by molar-refractivity contribution is 6.32.